The normalized spacial score (nSPS) is 10.2. The molecule has 1 unspecified atom stereocenters. The molecule has 1 atom stereocenters. The Morgan fingerprint density at radius 2 is 1.89 bits per heavy atom. The van der Waals surface area contributed by atoms with Crippen LogP contribution in [0.1, 0.15) is 0 Å². The lowest BCUT2D eigenvalue weighted by atomic mass is 10.4. The minimum atomic E-state index is 0.751. The zero-order valence-corrected chi connectivity index (χ0v) is 6.17. The predicted molar refractivity (Wildman–Crippen MR) is 44.6 cm³/mol. The summed E-state index contributed by atoms with van der Waals surface area (Å²) in [5, 5.41) is 1.35. The van der Waals surface area contributed by atoms with Crippen LogP contribution < -0.4 is 5.30 Å². The maximum atomic E-state index is 3.67. The summed E-state index contributed by atoms with van der Waals surface area (Å²) in [6.45, 7) is 3.67. The van der Waals surface area contributed by atoms with Gasteiger partial charge in [0.15, 0.2) is 0 Å². The van der Waals surface area contributed by atoms with Gasteiger partial charge < -0.3 is 0 Å². The third-order valence-corrected chi connectivity index (χ3v) is 1.91. The molecule has 1 aromatic carbocycles. The van der Waals surface area contributed by atoms with Crippen LogP contribution in [0.3, 0.4) is 0 Å². The summed E-state index contributed by atoms with van der Waals surface area (Å²) in [4.78, 5) is 0. The molecule has 0 bridgehead atoms. The van der Waals surface area contributed by atoms with Crippen LogP contribution in [0.15, 0.2) is 42.7 Å². The third-order valence-electron chi connectivity index (χ3n) is 1.04. The number of benzene rings is 1. The summed E-state index contributed by atoms with van der Waals surface area (Å²) < 4.78 is 0. The van der Waals surface area contributed by atoms with Gasteiger partial charge in [0.05, 0.1) is 0 Å². The molecule has 1 rings (SSSR count). The zero-order chi connectivity index (χ0) is 6.53. The minimum absolute atomic E-state index is 0.751. The molecule has 0 aromatic heterocycles. The largest absolute Gasteiger partial charge is 0.0985 e. The first kappa shape index (κ1) is 6.51. The number of hydrogen-bond donors (Lipinski definition) is 0. The predicted octanol–water partition coefficient (Wildman–Crippen LogP) is 2.13. The van der Waals surface area contributed by atoms with Gasteiger partial charge in [-0.1, -0.05) is 51.3 Å². The molecule has 1 heteroatoms. The summed E-state index contributed by atoms with van der Waals surface area (Å²) in [5.74, 6) is 1.94. The maximum absolute atomic E-state index is 3.67. The third kappa shape index (κ3) is 1.99. The van der Waals surface area contributed by atoms with Crippen LogP contribution in [-0.2, 0) is 0 Å². The second-order valence-corrected chi connectivity index (χ2v) is 2.99. The molecule has 0 N–H and O–H groups in total. The van der Waals surface area contributed by atoms with E-state index < -0.39 is 0 Å². The Bertz CT molecular complexity index is 179. The molecule has 0 aliphatic rings. The van der Waals surface area contributed by atoms with E-state index in [1.165, 1.54) is 5.30 Å². The van der Waals surface area contributed by atoms with Crippen LogP contribution >= 0.6 is 8.58 Å². The van der Waals surface area contributed by atoms with E-state index >= 15 is 0 Å². The van der Waals surface area contributed by atoms with Crippen molar-refractivity contribution >= 4 is 13.9 Å². The van der Waals surface area contributed by atoms with Gasteiger partial charge in [-0.05, 0) is 5.30 Å². The molecule has 0 fully saturated rings. The van der Waals surface area contributed by atoms with Crippen LogP contribution in [0.5, 0.6) is 0 Å². The van der Waals surface area contributed by atoms with Crippen molar-refractivity contribution in [2.24, 2.45) is 0 Å². The van der Waals surface area contributed by atoms with E-state index in [0.29, 0.717) is 0 Å². The fourth-order valence-electron chi connectivity index (χ4n) is 0.652. The Morgan fingerprint density at radius 3 is 2.44 bits per heavy atom. The molecule has 1 aromatic rings. The highest BCUT2D eigenvalue weighted by molar-refractivity contribution is 7.50. The van der Waals surface area contributed by atoms with Crippen molar-refractivity contribution in [1.82, 2.24) is 0 Å². The summed E-state index contributed by atoms with van der Waals surface area (Å²) >= 11 is 0. The first-order valence-electron chi connectivity index (χ1n) is 2.86. The van der Waals surface area contributed by atoms with E-state index in [1.54, 1.807) is 0 Å². The van der Waals surface area contributed by atoms with Crippen molar-refractivity contribution in [3.63, 3.8) is 0 Å². The second kappa shape index (κ2) is 3.42. The Kier molecular flexibility index (Phi) is 2.48. The van der Waals surface area contributed by atoms with Crippen LogP contribution in [0.4, 0.5) is 0 Å². The second-order valence-electron chi connectivity index (χ2n) is 1.71. The monoisotopic (exact) mass is 136 g/mol. The van der Waals surface area contributed by atoms with E-state index in [-0.39, 0.29) is 0 Å². The van der Waals surface area contributed by atoms with Crippen molar-refractivity contribution in [3.8, 4) is 0 Å². The SMILES string of the molecule is C=CPc1ccccc1. The van der Waals surface area contributed by atoms with Gasteiger partial charge >= 0.3 is 0 Å². The topological polar surface area (TPSA) is 0 Å². The summed E-state index contributed by atoms with van der Waals surface area (Å²) in [6.07, 6.45) is 0. The molecule has 46 valence electrons. The molecule has 0 saturated carbocycles. The molecule has 0 spiro atoms. The highest BCUT2D eigenvalue weighted by atomic mass is 31.1. The van der Waals surface area contributed by atoms with Gasteiger partial charge in [0.2, 0.25) is 0 Å². The molecular weight excluding hydrogens is 127 g/mol. The lowest BCUT2D eigenvalue weighted by Gasteiger charge is -1.91. The van der Waals surface area contributed by atoms with Crippen molar-refractivity contribution in [2.75, 3.05) is 0 Å². The van der Waals surface area contributed by atoms with E-state index in [9.17, 15) is 0 Å². The highest BCUT2D eigenvalue weighted by Crippen LogP contribution is 2.08. The molecule has 0 heterocycles. The van der Waals surface area contributed by atoms with Gasteiger partial charge in [0.1, 0.15) is 0 Å². The standard InChI is InChI=1S/C8H9P/c1-2-9-8-6-4-3-5-7-8/h2-7,9H,1H2. The van der Waals surface area contributed by atoms with E-state index in [0.717, 1.165) is 8.58 Å². The fourth-order valence-corrected chi connectivity index (χ4v) is 1.27. The van der Waals surface area contributed by atoms with E-state index in [1.807, 2.05) is 24.0 Å². The van der Waals surface area contributed by atoms with Gasteiger partial charge in [-0.2, -0.15) is 0 Å². The lowest BCUT2D eigenvalue weighted by Crippen LogP contribution is -1.87. The smallest absolute Gasteiger partial charge is 0.0233 e. The maximum Gasteiger partial charge on any atom is -0.0233 e. The summed E-state index contributed by atoms with van der Waals surface area (Å²) in [5.41, 5.74) is 0. The van der Waals surface area contributed by atoms with Gasteiger partial charge in [0.25, 0.3) is 0 Å². The van der Waals surface area contributed by atoms with Crippen molar-refractivity contribution in [2.45, 2.75) is 0 Å². The molecule has 0 nitrogen and oxygen atoms in total. The molecular formula is C8H9P. The van der Waals surface area contributed by atoms with Crippen molar-refractivity contribution < 1.29 is 0 Å². The van der Waals surface area contributed by atoms with Gasteiger partial charge in [-0.25, -0.2) is 0 Å². The number of hydrogen-bond acceptors (Lipinski definition) is 0. The van der Waals surface area contributed by atoms with Crippen molar-refractivity contribution in [1.29, 1.82) is 0 Å². The Morgan fingerprint density at radius 1 is 1.22 bits per heavy atom. The van der Waals surface area contributed by atoms with Crippen LogP contribution in [0.25, 0.3) is 0 Å². The quantitative estimate of drug-likeness (QED) is 0.546. The Balaban J connectivity index is 2.72. The van der Waals surface area contributed by atoms with Crippen LogP contribution in [0.2, 0.25) is 0 Å². The van der Waals surface area contributed by atoms with E-state index in [2.05, 4.69) is 18.7 Å². The first-order chi connectivity index (χ1) is 4.43. The van der Waals surface area contributed by atoms with Crippen molar-refractivity contribution in [3.05, 3.63) is 42.7 Å². The highest BCUT2D eigenvalue weighted by Gasteiger charge is 1.81. The summed E-state index contributed by atoms with van der Waals surface area (Å²) in [7, 11) is 0.751. The fraction of sp³-hybridized carbons (Fsp3) is 0. The van der Waals surface area contributed by atoms with Gasteiger partial charge in [-0.15, -0.1) is 0 Å². The molecule has 0 aliphatic heterocycles. The molecule has 0 radical (unpaired) electrons. The molecule has 0 aliphatic carbocycles. The van der Waals surface area contributed by atoms with E-state index in [4.69, 9.17) is 0 Å². The molecule has 9 heavy (non-hydrogen) atoms. The number of rotatable bonds is 2. The van der Waals surface area contributed by atoms with Gasteiger partial charge in [-0.3, -0.25) is 0 Å². The Labute approximate surface area is 57.4 Å². The average Bonchev–Trinajstić information content (AvgIpc) is 1.91. The van der Waals surface area contributed by atoms with Crippen LogP contribution in [0, 0.1) is 0 Å². The molecule has 0 amide bonds. The zero-order valence-electron chi connectivity index (χ0n) is 5.17. The van der Waals surface area contributed by atoms with Crippen LogP contribution in [-0.4, -0.2) is 0 Å². The lowest BCUT2D eigenvalue weighted by molar-refractivity contribution is 1.78. The minimum Gasteiger partial charge on any atom is -0.0985 e. The Hall–Kier alpha value is -0.610. The average molecular weight is 136 g/mol. The molecule has 0 saturated heterocycles. The van der Waals surface area contributed by atoms with Gasteiger partial charge in [0, 0.05) is 0 Å². The summed E-state index contributed by atoms with van der Waals surface area (Å²) in [6, 6.07) is 10.3. The first-order valence-corrected chi connectivity index (χ1v) is 3.93.